The molecule has 0 fully saturated rings. The lowest BCUT2D eigenvalue weighted by Crippen LogP contribution is -2.40. The van der Waals surface area contributed by atoms with Crippen molar-refractivity contribution in [3.63, 3.8) is 0 Å². The van der Waals surface area contributed by atoms with Crippen LogP contribution in [0, 0.1) is 6.92 Å². The molecule has 3 rings (SSSR count). The minimum Gasteiger partial charge on any atom is -0.337 e. The number of amides is 3. The van der Waals surface area contributed by atoms with Crippen LogP contribution >= 0.6 is 11.8 Å². The SMILES string of the molecule is CCn1c(SCC(=O)NC(=O)NCCC2=CCCCC2)nnc1-c1ccccc1C. The Bertz CT molecular complexity index is 922. The van der Waals surface area contributed by atoms with Gasteiger partial charge in [0.05, 0.1) is 5.75 Å². The second kappa shape index (κ2) is 11.0. The third-order valence-electron chi connectivity index (χ3n) is 5.12. The molecule has 0 aliphatic heterocycles. The molecular formula is C22H29N5O2S. The average Bonchev–Trinajstić information content (AvgIpc) is 3.16. The van der Waals surface area contributed by atoms with E-state index >= 15 is 0 Å². The van der Waals surface area contributed by atoms with Gasteiger partial charge in [-0.15, -0.1) is 10.2 Å². The molecule has 0 bridgehead atoms. The van der Waals surface area contributed by atoms with E-state index in [1.165, 1.54) is 30.2 Å². The first-order chi connectivity index (χ1) is 14.6. The maximum absolute atomic E-state index is 12.2. The van der Waals surface area contributed by atoms with E-state index in [4.69, 9.17) is 0 Å². The van der Waals surface area contributed by atoms with E-state index in [1.807, 2.05) is 42.7 Å². The largest absolute Gasteiger partial charge is 0.337 e. The first-order valence-corrected chi connectivity index (χ1v) is 11.4. The predicted octanol–water partition coefficient (Wildman–Crippen LogP) is 4.08. The molecule has 0 saturated carbocycles. The van der Waals surface area contributed by atoms with Gasteiger partial charge in [-0.05, 0) is 51.5 Å². The number of urea groups is 1. The minimum atomic E-state index is -0.449. The molecule has 1 heterocycles. The Morgan fingerprint density at radius 3 is 2.77 bits per heavy atom. The Hall–Kier alpha value is -2.61. The number of rotatable bonds is 8. The number of carbonyl (C=O) groups excluding carboxylic acids is 2. The zero-order valence-corrected chi connectivity index (χ0v) is 18.4. The van der Waals surface area contributed by atoms with E-state index in [2.05, 4.69) is 26.9 Å². The van der Waals surface area contributed by atoms with Gasteiger partial charge in [-0.25, -0.2) is 4.79 Å². The Labute approximate surface area is 181 Å². The van der Waals surface area contributed by atoms with Gasteiger partial charge in [0, 0.05) is 18.7 Å². The second-order valence-corrected chi connectivity index (χ2v) is 8.26. The van der Waals surface area contributed by atoms with Gasteiger partial charge in [0.2, 0.25) is 5.91 Å². The Kier molecular flexibility index (Phi) is 8.07. The van der Waals surface area contributed by atoms with Crippen molar-refractivity contribution in [3.8, 4) is 11.4 Å². The van der Waals surface area contributed by atoms with Crippen LogP contribution in [0.3, 0.4) is 0 Å². The molecule has 0 spiro atoms. The van der Waals surface area contributed by atoms with Gasteiger partial charge >= 0.3 is 6.03 Å². The summed E-state index contributed by atoms with van der Waals surface area (Å²) in [6.07, 6.45) is 7.83. The molecule has 3 amide bonds. The van der Waals surface area contributed by atoms with Crippen LogP contribution in [0.1, 0.15) is 44.6 Å². The van der Waals surface area contributed by atoms with Crippen LogP contribution < -0.4 is 10.6 Å². The molecule has 0 unspecified atom stereocenters. The number of hydrogen-bond acceptors (Lipinski definition) is 5. The fourth-order valence-electron chi connectivity index (χ4n) is 3.51. The number of allylic oxidation sites excluding steroid dienone is 1. The lowest BCUT2D eigenvalue weighted by molar-refractivity contribution is -0.117. The summed E-state index contributed by atoms with van der Waals surface area (Å²) in [4.78, 5) is 24.1. The van der Waals surface area contributed by atoms with Crippen LogP contribution in [0.5, 0.6) is 0 Å². The molecule has 2 aromatic rings. The van der Waals surface area contributed by atoms with Crippen molar-refractivity contribution >= 4 is 23.7 Å². The number of nitrogens with one attached hydrogen (secondary N) is 2. The molecular weight excluding hydrogens is 398 g/mol. The highest BCUT2D eigenvalue weighted by Gasteiger charge is 2.16. The highest BCUT2D eigenvalue weighted by Crippen LogP contribution is 2.26. The van der Waals surface area contributed by atoms with Crippen molar-refractivity contribution in [1.82, 2.24) is 25.4 Å². The van der Waals surface area contributed by atoms with Gasteiger partial charge in [0.25, 0.3) is 0 Å². The zero-order valence-electron chi connectivity index (χ0n) is 17.6. The summed E-state index contributed by atoms with van der Waals surface area (Å²) in [5.41, 5.74) is 3.54. The molecule has 2 N–H and O–H groups in total. The maximum Gasteiger partial charge on any atom is 0.321 e. The van der Waals surface area contributed by atoms with Crippen molar-refractivity contribution in [2.24, 2.45) is 0 Å². The highest BCUT2D eigenvalue weighted by atomic mass is 32.2. The van der Waals surface area contributed by atoms with Crippen LogP contribution in [0.15, 0.2) is 41.1 Å². The minimum absolute atomic E-state index is 0.102. The summed E-state index contributed by atoms with van der Waals surface area (Å²) in [5.74, 6) is 0.538. The van der Waals surface area contributed by atoms with Crippen LogP contribution in [-0.2, 0) is 11.3 Å². The van der Waals surface area contributed by atoms with Gasteiger partial charge < -0.3 is 9.88 Å². The van der Waals surface area contributed by atoms with E-state index in [0.717, 1.165) is 36.2 Å². The van der Waals surface area contributed by atoms with Gasteiger partial charge in [-0.2, -0.15) is 0 Å². The van der Waals surface area contributed by atoms with Crippen LogP contribution in [0.2, 0.25) is 0 Å². The molecule has 0 atom stereocenters. The fraction of sp³-hybridized carbons (Fsp3) is 0.455. The van der Waals surface area contributed by atoms with Crippen molar-refractivity contribution in [2.45, 2.75) is 57.7 Å². The predicted molar refractivity (Wildman–Crippen MR) is 119 cm³/mol. The number of benzene rings is 1. The van der Waals surface area contributed by atoms with E-state index in [9.17, 15) is 9.59 Å². The van der Waals surface area contributed by atoms with E-state index in [-0.39, 0.29) is 11.7 Å². The summed E-state index contributed by atoms with van der Waals surface area (Å²) in [5, 5.41) is 14.4. The standard InChI is InChI=1S/C22H29N5O2S/c1-3-27-20(18-12-8-7-9-16(18)2)25-26-22(27)30-15-19(28)24-21(29)23-14-13-17-10-5-4-6-11-17/h7-10,12H,3-6,11,13-15H2,1-2H3,(H2,23,24,28,29). The van der Waals surface area contributed by atoms with Crippen molar-refractivity contribution < 1.29 is 9.59 Å². The van der Waals surface area contributed by atoms with E-state index < -0.39 is 6.03 Å². The molecule has 7 nitrogen and oxygen atoms in total. The van der Waals surface area contributed by atoms with Crippen molar-refractivity contribution in [2.75, 3.05) is 12.3 Å². The van der Waals surface area contributed by atoms with Crippen LogP contribution in [-0.4, -0.2) is 39.0 Å². The number of aryl methyl sites for hydroxylation is 1. The molecule has 0 radical (unpaired) electrons. The summed E-state index contributed by atoms with van der Waals surface area (Å²) in [7, 11) is 0. The molecule has 1 aliphatic carbocycles. The van der Waals surface area contributed by atoms with E-state index in [0.29, 0.717) is 18.2 Å². The molecule has 1 aliphatic rings. The first-order valence-electron chi connectivity index (χ1n) is 10.5. The molecule has 1 aromatic carbocycles. The molecule has 1 aromatic heterocycles. The average molecular weight is 428 g/mol. The van der Waals surface area contributed by atoms with Crippen molar-refractivity contribution in [1.29, 1.82) is 0 Å². The number of thioether (sulfide) groups is 1. The Morgan fingerprint density at radius 2 is 2.03 bits per heavy atom. The van der Waals surface area contributed by atoms with Crippen molar-refractivity contribution in [3.05, 3.63) is 41.5 Å². The molecule has 8 heteroatoms. The number of carbonyl (C=O) groups is 2. The highest BCUT2D eigenvalue weighted by molar-refractivity contribution is 7.99. The number of hydrogen-bond donors (Lipinski definition) is 2. The number of aromatic nitrogens is 3. The topological polar surface area (TPSA) is 88.9 Å². The van der Waals surface area contributed by atoms with Crippen LogP contribution in [0.25, 0.3) is 11.4 Å². The van der Waals surface area contributed by atoms with Gasteiger partial charge in [-0.3, -0.25) is 10.1 Å². The third kappa shape index (κ3) is 5.95. The first kappa shape index (κ1) is 22.1. The summed E-state index contributed by atoms with van der Waals surface area (Å²) >= 11 is 1.28. The quantitative estimate of drug-likeness (QED) is 0.489. The molecule has 160 valence electrons. The summed E-state index contributed by atoms with van der Waals surface area (Å²) in [6, 6.07) is 7.56. The van der Waals surface area contributed by atoms with Gasteiger partial charge in [-0.1, -0.05) is 47.7 Å². The lowest BCUT2D eigenvalue weighted by Gasteiger charge is -2.13. The number of nitrogens with zero attached hydrogens (tertiary/aromatic N) is 3. The number of imide groups is 1. The van der Waals surface area contributed by atoms with Gasteiger partial charge in [0.1, 0.15) is 0 Å². The second-order valence-electron chi connectivity index (χ2n) is 7.32. The summed E-state index contributed by atoms with van der Waals surface area (Å²) < 4.78 is 1.98. The van der Waals surface area contributed by atoms with E-state index in [1.54, 1.807) is 0 Å². The third-order valence-corrected chi connectivity index (χ3v) is 6.09. The summed E-state index contributed by atoms with van der Waals surface area (Å²) in [6.45, 7) is 5.29. The maximum atomic E-state index is 12.2. The normalized spacial score (nSPS) is 13.6. The Morgan fingerprint density at radius 1 is 1.20 bits per heavy atom. The zero-order chi connectivity index (χ0) is 21.3. The molecule has 0 saturated heterocycles. The Balaban J connectivity index is 1.48. The lowest BCUT2D eigenvalue weighted by atomic mass is 9.97. The molecule has 30 heavy (non-hydrogen) atoms. The van der Waals surface area contributed by atoms with Crippen LogP contribution in [0.4, 0.5) is 4.79 Å². The van der Waals surface area contributed by atoms with Gasteiger partial charge in [0.15, 0.2) is 11.0 Å². The smallest absolute Gasteiger partial charge is 0.321 e. The monoisotopic (exact) mass is 427 g/mol. The fourth-order valence-corrected chi connectivity index (χ4v) is 4.31.